The Morgan fingerprint density at radius 2 is 2.00 bits per heavy atom. The lowest BCUT2D eigenvalue weighted by Crippen LogP contribution is -2.31. The molecule has 1 rings (SSSR count). The molecule has 106 valence electrons. The molecule has 0 bridgehead atoms. The molecule has 0 radical (unpaired) electrons. The maximum Gasteiger partial charge on any atom is 0.253 e. The fourth-order valence-electron chi connectivity index (χ4n) is 1.75. The van der Waals surface area contributed by atoms with Crippen LogP contribution >= 0.6 is 0 Å². The van der Waals surface area contributed by atoms with Crippen molar-refractivity contribution in [2.24, 2.45) is 0 Å². The van der Waals surface area contributed by atoms with Crippen LogP contribution in [-0.4, -0.2) is 44.5 Å². The Morgan fingerprint density at radius 3 is 2.63 bits per heavy atom. The first-order chi connectivity index (χ1) is 9.04. The molecule has 4 heteroatoms. The van der Waals surface area contributed by atoms with Crippen LogP contribution in [0, 0.1) is 6.92 Å². The third kappa shape index (κ3) is 5.30. The smallest absolute Gasteiger partial charge is 0.253 e. The molecule has 1 aromatic carbocycles. The van der Waals surface area contributed by atoms with Gasteiger partial charge in [-0.05, 0) is 39.6 Å². The van der Waals surface area contributed by atoms with E-state index in [1.165, 1.54) is 0 Å². The van der Waals surface area contributed by atoms with Gasteiger partial charge < -0.3 is 15.5 Å². The summed E-state index contributed by atoms with van der Waals surface area (Å²) in [5.74, 6) is -0.0100. The number of likely N-dealkylation sites (N-methyl/N-ethyl adjacent to an activating group) is 1. The zero-order valence-corrected chi connectivity index (χ0v) is 12.4. The number of benzene rings is 1. The van der Waals surface area contributed by atoms with Crippen molar-refractivity contribution in [1.82, 2.24) is 10.2 Å². The van der Waals surface area contributed by atoms with Crippen molar-refractivity contribution < 1.29 is 4.79 Å². The molecule has 0 atom stereocenters. The Bertz CT molecular complexity index is 416. The molecule has 2 N–H and O–H groups in total. The number of nitrogens with one attached hydrogen (secondary N) is 2. The summed E-state index contributed by atoms with van der Waals surface area (Å²) < 4.78 is 0. The summed E-state index contributed by atoms with van der Waals surface area (Å²) in [5.41, 5.74) is 2.74. The van der Waals surface area contributed by atoms with Gasteiger partial charge in [-0.3, -0.25) is 4.79 Å². The zero-order chi connectivity index (χ0) is 14.3. The third-order valence-corrected chi connectivity index (χ3v) is 2.83. The SMILES string of the molecule is CCCNc1ccc(C)cc1C(=O)NCCN(C)C. The highest BCUT2D eigenvalue weighted by Crippen LogP contribution is 2.17. The van der Waals surface area contributed by atoms with Crippen LogP contribution in [-0.2, 0) is 0 Å². The van der Waals surface area contributed by atoms with Crippen LogP contribution in [0.15, 0.2) is 18.2 Å². The maximum atomic E-state index is 12.2. The number of amides is 1. The summed E-state index contributed by atoms with van der Waals surface area (Å²) in [7, 11) is 3.99. The molecule has 0 aliphatic heterocycles. The van der Waals surface area contributed by atoms with E-state index in [4.69, 9.17) is 0 Å². The average molecular weight is 263 g/mol. The van der Waals surface area contributed by atoms with E-state index in [0.29, 0.717) is 6.54 Å². The van der Waals surface area contributed by atoms with E-state index in [1.807, 2.05) is 44.1 Å². The van der Waals surface area contributed by atoms with Crippen LogP contribution in [0.3, 0.4) is 0 Å². The van der Waals surface area contributed by atoms with Crippen molar-refractivity contribution in [3.63, 3.8) is 0 Å². The summed E-state index contributed by atoms with van der Waals surface area (Å²) in [6, 6.07) is 5.93. The number of hydrogen-bond acceptors (Lipinski definition) is 3. The number of rotatable bonds is 7. The summed E-state index contributed by atoms with van der Waals surface area (Å²) in [6.07, 6.45) is 1.04. The van der Waals surface area contributed by atoms with Crippen molar-refractivity contribution in [2.75, 3.05) is 39.0 Å². The molecular formula is C15H25N3O. The third-order valence-electron chi connectivity index (χ3n) is 2.83. The zero-order valence-electron chi connectivity index (χ0n) is 12.4. The van der Waals surface area contributed by atoms with E-state index >= 15 is 0 Å². The molecule has 0 unspecified atom stereocenters. The Morgan fingerprint density at radius 1 is 1.26 bits per heavy atom. The van der Waals surface area contributed by atoms with Crippen LogP contribution in [0.4, 0.5) is 5.69 Å². The quantitative estimate of drug-likeness (QED) is 0.792. The van der Waals surface area contributed by atoms with Crippen LogP contribution in [0.1, 0.15) is 29.3 Å². The summed E-state index contributed by atoms with van der Waals surface area (Å²) in [4.78, 5) is 14.2. The lowest BCUT2D eigenvalue weighted by Gasteiger charge is -2.14. The van der Waals surface area contributed by atoms with Gasteiger partial charge in [-0.2, -0.15) is 0 Å². The molecule has 0 aliphatic carbocycles. The van der Waals surface area contributed by atoms with Gasteiger partial charge in [0.2, 0.25) is 0 Å². The van der Waals surface area contributed by atoms with Crippen LogP contribution in [0.25, 0.3) is 0 Å². The number of hydrogen-bond donors (Lipinski definition) is 2. The van der Waals surface area contributed by atoms with Crippen LogP contribution in [0.2, 0.25) is 0 Å². The van der Waals surface area contributed by atoms with E-state index < -0.39 is 0 Å². The summed E-state index contributed by atoms with van der Waals surface area (Å²) in [5, 5.41) is 6.25. The van der Waals surface area contributed by atoms with E-state index in [-0.39, 0.29) is 5.91 Å². The molecule has 0 heterocycles. The van der Waals surface area contributed by atoms with Gasteiger partial charge in [-0.1, -0.05) is 18.6 Å². The molecule has 0 aromatic heterocycles. The second-order valence-electron chi connectivity index (χ2n) is 5.03. The number of carbonyl (C=O) groups is 1. The molecule has 0 saturated heterocycles. The fourth-order valence-corrected chi connectivity index (χ4v) is 1.75. The summed E-state index contributed by atoms with van der Waals surface area (Å²) >= 11 is 0. The Balaban J connectivity index is 2.72. The number of anilines is 1. The fraction of sp³-hybridized carbons (Fsp3) is 0.533. The Kier molecular flexibility index (Phi) is 6.36. The standard InChI is InChI=1S/C15H25N3O/c1-5-8-16-14-7-6-12(2)11-13(14)15(19)17-9-10-18(3)4/h6-7,11,16H,5,8-10H2,1-4H3,(H,17,19). The van der Waals surface area contributed by atoms with Crippen LogP contribution < -0.4 is 10.6 Å². The first kappa shape index (κ1) is 15.5. The van der Waals surface area contributed by atoms with Crippen molar-refractivity contribution >= 4 is 11.6 Å². The highest BCUT2D eigenvalue weighted by Gasteiger charge is 2.11. The van der Waals surface area contributed by atoms with Gasteiger partial charge >= 0.3 is 0 Å². The minimum absolute atomic E-state index is 0.0100. The predicted octanol–water partition coefficient (Wildman–Crippen LogP) is 2.11. The first-order valence-electron chi connectivity index (χ1n) is 6.82. The van der Waals surface area contributed by atoms with Crippen molar-refractivity contribution in [3.05, 3.63) is 29.3 Å². The van der Waals surface area contributed by atoms with Gasteiger partial charge in [-0.15, -0.1) is 0 Å². The molecule has 0 spiro atoms. The average Bonchev–Trinajstić information content (AvgIpc) is 2.36. The van der Waals surface area contributed by atoms with Gasteiger partial charge in [0, 0.05) is 25.3 Å². The van der Waals surface area contributed by atoms with E-state index in [2.05, 4.69) is 17.6 Å². The molecule has 4 nitrogen and oxygen atoms in total. The van der Waals surface area contributed by atoms with E-state index in [1.54, 1.807) is 0 Å². The lowest BCUT2D eigenvalue weighted by molar-refractivity contribution is 0.0951. The van der Waals surface area contributed by atoms with Gasteiger partial charge in [0.15, 0.2) is 0 Å². The monoisotopic (exact) mass is 263 g/mol. The number of aryl methyl sites for hydroxylation is 1. The minimum Gasteiger partial charge on any atom is -0.384 e. The van der Waals surface area contributed by atoms with Crippen molar-refractivity contribution in [3.8, 4) is 0 Å². The maximum absolute atomic E-state index is 12.2. The first-order valence-corrected chi connectivity index (χ1v) is 6.82. The van der Waals surface area contributed by atoms with Crippen LogP contribution in [0.5, 0.6) is 0 Å². The molecule has 1 aromatic rings. The topological polar surface area (TPSA) is 44.4 Å². The molecular weight excluding hydrogens is 238 g/mol. The lowest BCUT2D eigenvalue weighted by atomic mass is 10.1. The summed E-state index contributed by atoms with van der Waals surface area (Å²) in [6.45, 7) is 6.49. The van der Waals surface area contributed by atoms with Gasteiger partial charge in [0.05, 0.1) is 5.56 Å². The van der Waals surface area contributed by atoms with Gasteiger partial charge in [0.25, 0.3) is 5.91 Å². The second kappa shape index (κ2) is 7.79. The number of carbonyl (C=O) groups excluding carboxylic acids is 1. The van der Waals surface area contributed by atoms with Gasteiger partial charge in [0.1, 0.15) is 0 Å². The highest BCUT2D eigenvalue weighted by molar-refractivity contribution is 5.99. The molecule has 19 heavy (non-hydrogen) atoms. The minimum atomic E-state index is -0.0100. The Hall–Kier alpha value is -1.55. The Labute approximate surface area is 116 Å². The number of nitrogens with zero attached hydrogens (tertiary/aromatic N) is 1. The normalized spacial score (nSPS) is 10.6. The van der Waals surface area contributed by atoms with Gasteiger partial charge in [-0.25, -0.2) is 0 Å². The van der Waals surface area contributed by atoms with E-state index in [9.17, 15) is 4.79 Å². The molecule has 0 aliphatic rings. The molecule has 0 fully saturated rings. The van der Waals surface area contributed by atoms with Crippen molar-refractivity contribution in [1.29, 1.82) is 0 Å². The molecule has 0 saturated carbocycles. The van der Waals surface area contributed by atoms with Crippen molar-refractivity contribution in [2.45, 2.75) is 20.3 Å². The predicted molar refractivity (Wildman–Crippen MR) is 80.8 cm³/mol. The van der Waals surface area contributed by atoms with E-state index in [0.717, 1.165) is 36.3 Å². The highest BCUT2D eigenvalue weighted by atomic mass is 16.1. The second-order valence-corrected chi connectivity index (χ2v) is 5.03. The largest absolute Gasteiger partial charge is 0.384 e. The molecule has 1 amide bonds.